The van der Waals surface area contributed by atoms with Gasteiger partial charge in [-0.05, 0) is 42.8 Å². The normalized spacial score (nSPS) is 14.0. The highest BCUT2D eigenvalue weighted by atomic mass is 35.5. The average Bonchev–Trinajstić information content (AvgIpc) is 2.93. The topological polar surface area (TPSA) is 87.5 Å². The number of amides is 3. The second-order valence-corrected chi connectivity index (χ2v) is 7.32. The fraction of sp³-hybridized carbons (Fsp3) is 0.294. The first-order chi connectivity index (χ1) is 12.0. The van der Waals surface area contributed by atoms with Crippen molar-refractivity contribution in [3.05, 3.63) is 45.3 Å². The van der Waals surface area contributed by atoms with Gasteiger partial charge in [-0.1, -0.05) is 18.5 Å². The molecule has 1 aliphatic rings. The van der Waals surface area contributed by atoms with E-state index in [1.807, 2.05) is 0 Å². The highest BCUT2D eigenvalue weighted by Gasteiger charge is 2.27. The van der Waals surface area contributed by atoms with Crippen LogP contribution in [0.15, 0.2) is 24.3 Å². The van der Waals surface area contributed by atoms with Crippen LogP contribution in [0.4, 0.5) is 15.5 Å². The molecule has 0 atom stereocenters. The molecule has 0 spiro atoms. The quantitative estimate of drug-likeness (QED) is 0.760. The Kier molecular flexibility index (Phi) is 5.27. The number of urea groups is 1. The maximum absolute atomic E-state index is 12.3. The van der Waals surface area contributed by atoms with Gasteiger partial charge in [-0.15, -0.1) is 11.3 Å². The number of anilines is 2. The largest absolute Gasteiger partial charge is 0.365 e. The third-order valence-electron chi connectivity index (χ3n) is 4.15. The smallest absolute Gasteiger partial charge is 0.324 e. The summed E-state index contributed by atoms with van der Waals surface area (Å²) in [7, 11) is 0. The molecule has 3 amide bonds. The molecule has 0 fully saturated rings. The van der Waals surface area contributed by atoms with Crippen LogP contribution in [0.2, 0.25) is 5.02 Å². The average molecular weight is 379 g/mol. The van der Waals surface area contributed by atoms with Crippen LogP contribution in [-0.2, 0) is 13.0 Å². The minimum absolute atomic E-state index is 0.421. The van der Waals surface area contributed by atoms with Gasteiger partial charge in [-0.25, -0.2) is 4.79 Å². The molecule has 0 radical (unpaired) electrons. The summed E-state index contributed by atoms with van der Waals surface area (Å²) in [6.07, 6.45) is 0.856. The Morgan fingerprint density at radius 3 is 2.64 bits per heavy atom. The molecule has 0 saturated carbocycles. The molecule has 1 aromatic carbocycles. The lowest BCUT2D eigenvalue weighted by molar-refractivity contribution is 0.0999. The van der Waals surface area contributed by atoms with Crippen LogP contribution in [0.3, 0.4) is 0 Å². The van der Waals surface area contributed by atoms with E-state index in [4.69, 9.17) is 17.3 Å². The number of rotatable bonds is 4. The number of thiophene rings is 1. The molecule has 1 aliphatic heterocycles. The number of hydrogen-bond donors (Lipinski definition) is 3. The lowest BCUT2D eigenvalue weighted by Gasteiger charge is -2.25. The fourth-order valence-corrected chi connectivity index (χ4v) is 4.19. The van der Waals surface area contributed by atoms with Crippen LogP contribution in [0, 0.1) is 0 Å². The van der Waals surface area contributed by atoms with Crippen LogP contribution in [0.25, 0.3) is 0 Å². The van der Waals surface area contributed by atoms with Crippen molar-refractivity contribution < 1.29 is 9.59 Å². The summed E-state index contributed by atoms with van der Waals surface area (Å²) < 4.78 is 0. The highest BCUT2D eigenvalue weighted by Crippen LogP contribution is 2.36. The van der Waals surface area contributed by atoms with Crippen LogP contribution in [0.1, 0.15) is 27.7 Å². The lowest BCUT2D eigenvalue weighted by Crippen LogP contribution is -2.31. The van der Waals surface area contributed by atoms with Crippen LogP contribution in [0.5, 0.6) is 0 Å². The zero-order chi connectivity index (χ0) is 18.0. The summed E-state index contributed by atoms with van der Waals surface area (Å²) in [5.41, 5.74) is 7.55. The number of carbonyl (C=O) groups excluding carboxylic acids is 2. The summed E-state index contributed by atoms with van der Waals surface area (Å²) in [4.78, 5) is 27.6. The molecule has 25 heavy (non-hydrogen) atoms. The first-order valence-corrected chi connectivity index (χ1v) is 9.17. The molecule has 2 heterocycles. The zero-order valence-electron chi connectivity index (χ0n) is 13.8. The molecular weight excluding hydrogens is 360 g/mol. The first kappa shape index (κ1) is 17.7. The molecule has 132 valence electrons. The summed E-state index contributed by atoms with van der Waals surface area (Å²) in [5, 5.41) is 6.57. The van der Waals surface area contributed by atoms with Crippen LogP contribution >= 0.6 is 22.9 Å². The maximum Gasteiger partial charge on any atom is 0.324 e. The number of carbonyl (C=O) groups is 2. The van der Waals surface area contributed by atoms with E-state index in [0.717, 1.165) is 30.0 Å². The Balaban J connectivity index is 1.80. The van der Waals surface area contributed by atoms with Crippen molar-refractivity contribution in [1.82, 2.24) is 4.90 Å². The van der Waals surface area contributed by atoms with E-state index in [9.17, 15) is 9.59 Å². The maximum atomic E-state index is 12.3. The van der Waals surface area contributed by atoms with Gasteiger partial charge in [-0.3, -0.25) is 15.0 Å². The number of nitrogens with two attached hydrogens (primary N) is 1. The van der Waals surface area contributed by atoms with Crippen molar-refractivity contribution in [2.75, 3.05) is 23.7 Å². The molecule has 0 unspecified atom stereocenters. The van der Waals surface area contributed by atoms with E-state index >= 15 is 0 Å². The SMILES string of the molecule is CCN1CCc2sc(NC(=O)Nc3ccc(Cl)cc3)c(C(N)=O)c2C1. The molecule has 4 N–H and O–H groups in total. The number of nitrogens with zero attached hydrogens (tertiary/aromatic N) is 1. The zero-order valence-corrected chi connectivity index (χ0v) is 15.3. The minimum atomic E-state index is -0.516. The number of halogens is 1. The van der Waals surface area contributed by atoms with Crippen LogP contribution in [-0.4, -0.2) is 29.9 Å². The van der Waals surface area contributed by atoms with Gasteiger partial charge in [0.15, 0.2) is 0 Å². The molecule has 0 aliphatic carbocycles. The highest BCUT2D eigenvalue weighted by molar-refractivity contribution is 7.17. The molecular formula is C17H19ClN4O2S. The van der Waals surface area contributed by atoms with Gasteiger partial charge in [0, 0.05) is 28.7 Å². The van der Waals surface area contributed by atoms with Crippen LogP contribution < -0.4 is 16.4 Å². The van der Waals surface area contributed by atoms with E-state index in [1.54, 1.807) is 24.3 Å². The van der Waals surface area contributed by atoms with Gasteiger partial charge >= 0.3 is 6.03 Å². The van der Waals surface area contributed by atoms with E-state index in [2.05, 4.69) is 22.5 Å². The summed E-state index contributed by atoms with van der Waals surface area (Å²) in [6, 6.07) is 6.37. The van der Waals surface area contributed by atoms with E-state index in [1.165, 1.54) is 11.3 Å². The van der Waals surface area contributed by atoms with Gasteiger partial charge in [0.25, 0.3) is 5.91 Å². The monoisotopic (exact) mass is 378 g/mol. The molecule has 1 aromatic heterocycles. The number of hydrogen-bond acceptors (Lipinski definition) is 4. The second kappa shape index (κ2) is 7.43. The van der Waals surface area contributed by atoms with Crippen molar-refractivity contribution in [3.63, 3.8) is 0 Å². The molecule has 3 rings (SSSR count). The van der Waals surface area contributed by atoms with Gasteiger partial charge in [0.2, 0.25) is 0 Å². The Bertz CT molecular complexity index is 804. The predicted molar refractivity (Wildman–Crippen MR) is 102 cm³/mol. The van der Waals surface area contributed by atoms with E-state index in [0.29, 0.717) is 27.8 Å². The van der Waals surface area contributed by atoms with Gasteiger partial charge in [0.05, 0.1) is 5.56 Å². The molecule has 0 bridgehead atoms. The molecule has 0 saturated heterocycles. The summed E-state index contributed by atoms with van der Waals surface area (Å²) >= 11 is 7.26. The van der Waals surface area contributed by atoms with E-state index in [-0.39, 0.29) is 0 Å². The molecule has 2 aromatic rings. The Labute approximate surface area is 155 Å². The number of likely N-dealkylation sites (N-methyl/N-ethyl adjacent to an activating group) is 1. The minimum Gasteiger partial charge on any atom is -0.365 e. The standard InChI is InChI=1S/C17H19ClN4O2S/c1-2-22-8-7-13-12(9-22)14(15(19)23)16(25-13)21-17(24)20-11-5-3-10(18)4-6-11/h3-6H,2,7-9H2,1H3,(H2,19,23)(H2,20,21,24). The number of primary amides is 1. The van der Waals surface area contributed by atoms with E-state index < -0.39 is 11.9 Å². The first-order valence-electron chi connectivity index (χ1n) is 7.98. The second-order valence-electron chi connectivity index (χ2n) is 5.78. The number of benzene rings is 1. The predicted octanol–water partition coefficient (Wildman–Crippen LogP) is 3.52. The van der Waals surface area contributed by atoms with Crippen molar-refractivity contribution in [2.45, 2.75) is 19.9 Å². The van der Waals surface area contributed by atoms with Crippen molar-refractivity contribution >= 4 is 45.6 Å². The summed E-state index contributed by atoms with van der Waals surface area (Å²) in [6.45, 7) is 4.62. The van der Waals surface area contributed by atoms with Gasteiger partial charge in [-0.2, -0.15) is 0 Å². The Morgan fingerprint density at radius 1 is 1.28 bits per heavy atom. The van der Waals surface area contributed by atoms with Crippen molar-refractivity contribution in [1.29, 1.82) is 0 Å². The fourth-order valence-electron chi connectivity index (χ4n) is 2.86. The van der Waals surface area contributed by atoms with Crippen molar-refractivity contribution in [2.24, 2.45) is 5.73 Å². The van der Waals surface area contributed by atoms with Gasteiger partial charge < -0.3 is 11.1 Å². The molecule has 8 heteroatoms. The lowest BCUT2D eigenvalue weighted by atomic mass is 10.0. The molecule has 6 nitrogen and oxygen atoms in total. The third kappa shape index (κ3) is 3.95. The summed E-state index contributed by atoms with van der Waals surface area (Å²) in [5.74, 6) is -0.516. The van der Waals surface area contributed by atoms with Crippen molar-refractivity contribution in [3.8, 4) is 0 Å². The Hall–Kier alpha value is -2.09. The third-order valence-corrected chi connectivity index (χ3v) is 5.61. The Morgan fingerprint density at radius 2 is 2.00 bits per heavy atom. The number of nitrogens with one attached hydrogen (secondary N) is 2. The van der Waals surface area contributed by atoms with Gasteiger partial charge in [0.1, 0.15) is 5.00 Å². The number of fused-ring (bicyclic) bond motifs is 1.